The first-order valence-corrected chi connectivity index (χ1v) is 8.29. The summed E-state index contributed by atoms with van der Waals surface area (Å²) >= 11 is 0. The number of aliphatic hydroxyl groups excluding tert-OH is 1. The molecule has 2 rings (SSSR count). The van der Waals surface area contributed by atoms with E-state index in [1.54, 1.807) is 30.2 Å². The molecular weight excluding hydrogens is 294 g/mol. The van der Waals surface area contributed by atoms with Crippen molar-refractivity contribution in [3.8, 4) is 11.5 Å². The van der Waals surface area contributed by atoms with Crippen LogP contribution in [-0.4, -0.2) is 48.8 Å². The minimum absolute atomic E-state index is 0.0241. The molecule has 0 aliphatic carbocycles. The second kappa shape index (κ2) is 8.20. The van der Waals surface area contributed by atoms with Crippen LogP contribution in [0.4, 0.5) is 0 Å². The molecule has 1 saturated heterocycles. The van der Waals surface area contributed by atoms with Crippen molar-refractivity contribution in [3.05, 3.63) is 23.8 Å². The Balaban J connectivity index is 2.04. The van der Waals surface area contributed by atoms with Gasteiger partial charge in [-0.2, -0.15) is 0 Å². The highest BCUT2D eigenvalue weighted by molar-refractivity contribution is 5.95. The molecule has 0 saturated carbocycles. The molecule has 0 radical (unpaired) electrons. The van der Waals surface area contributed by atoms with E-state index in [0.717, 1.165) is 6.42 Å². The van der Waals surface area contributed by atoms with Crippen molar-refractivity contribution in [1.82, 2.24) is 4.90 Å². The standard InChI is InChI=1S/C18H27NO4/c1-13(2)8-11-23-16-5-4-14(12-17(16)22-3)18(21)19-9-6-15(20)7-10-19/h4-5,12-13,15,20H,6-11H2,1-3H3. The number of methoxy groups -OCH3 is 1. The second-order valence-corrected chi connectivity index (χ2v) is 6.42. The largest absolute Gasteiger partial charge is 0.493 e. The fourth-order valence-electron chi connectivity index (χ4n) is 2.58. The Labute approximate surface area is 138 Å². The average Bonchev–Trinajstić information content (AvgIpc) is 2.54. The number of hydrogen-bond acceptors (Lipinski definition) is 4. The molecule has 1 aliphatic heterocycles. The van der Waals surface area contributed by atoms with Crippen molar-refractivity contribution in [2.24, 2.45) is 5.92 Å². The van der Waals surface area contributed by atoms with Gasteiger partial charge in [-0.25, -0.2) is 0 Å². The Morgan fingerprint density at radius 3 is 2.61 bits per heavy atom. The van der Waals surface area contributed by atoms with Crippen LogP contribution in [0, 0.1) is 5.92 Å². The van der Waals surface area contributed by atoms with Gasteiger partial charge in [0.2, 0.25) is 0 Å². The van der Waals surface area contributed by atoms with Gasteiger partial charge in [0.25, 0.3) is 5.91 Å². The fraction of sp³-hybridized carbons (Fsp3) is 0.611. The molecule has 23 heavy (non-hydrogen) atoms. The predicted molar refractivity (Wildman–Crippen MR) is 89.1 cm³/mol. The first kappa shape index (κ1) is 17.6. The number of aliphatic hydroxyl groups is 1. The van der Waals surface area contributed by atoms with Crippen LogP contribution in [0.3, 0.4) is 0 Å². The molecule has 0 spiro atoms. The van der Waals surface area contributed by atoms with Crippen LogP contribution < -0.4 is 9.47 Å². The van der Waals surface area contributed by atoms with E-state index in [-0.39, 0.29) is 12.0 Å². The zero-order valence-electron chi connectivity index (χ0n) is 14.2. The number of nitrogens with zero attached hydrogens (tertiary/aromatic N) is 1. The van der Waals surface area contributed by atoms with Gasteiger partial charge in [0.05, 0.1) is 19.8 Å². The van der Waals surface area contributed by atoms with Crippen LogP contribution >= 0.6 is 0 Å². The summed E-state index contributed by atoms with van der Waals surface area (Å²) in [6.07, 6.45) is 1.96. The molecule has 5 nitrogen and oxygen atoms in total. The smallest absolute Gasteiger partial charge is 0.253 e. The van der Waals surface area contributed by atoms with Gasteiger partial charge in [-0.1, -0.05) is 13.8 Å². The quantitative estimate of drug-likeness (QED) is 0.875. The third kappa shape index (κ3) is 4.86. The van der Waals surface area contributed by atoms with Crippen molar-refractivity contribution < 1.29 is 19.4 Å². The monoisotopic (exact) mass is 321 g/mol. The third-order valence-corrected chi connectivity index (χ3v) is 4.12. The number of likely N-dealkylation sites (tertiary alicyclic amines) is 1. The highest BCUT2D eigenvalue weighted by Crippen LogP contribution is 2.29. The lowest BCUT2D eigenvalue weighted by Gasteiger charge is -2.29. The fourth-order valence-corrected chi connectivity index (χ4v) is 2.58. The lowest BCUT2D eigenvalue weighted by atomic mass is 10.1. The number of ether oxygens (including phenoxy) is 2. The molecular formula is C18H27NO4. The number of carbonyl (C=O) groups is 1. The molecule has 1 aromatic rings. The molecule has 0 bridgehead atoms. The van der Waals surface area contributed by atoms with Gasteiger partial charge < -0.3 is 19.5 Å². The number of hydrogen-bond donors (Lipinski definition) is 1. The second-order valence-electron chi connectivity index (χ2n) is 6.42. The molecule has 1 aliphatic rings. The van der Waals surface area contributed by atoms with E-state index < -0.39 is 0 Å². The summed E-state index contributed by atoms with van der Waals surface area (Å²) in [6.45, 7) is 6.12. The van der Waals surface area contributed by atoms with E-state index in [9.17, 15) is 9.90 Å². The number of amides is 1. The maximum absolute atomic E-state index is 12.5. The van der Waals surface area contributed by atoms with Gasteiger partial charge in [-0.05, 0) is 43.4 Å². The van der Waals surface area contributed by atoms with Crippen molar-refractivity contribution in [3.63, 3.8) is 0 Å². The number of carbonyl (C=O) groups excluding carboxylic acids is 1. The summed E-state index contributed by atoms with van der Waals surface area (Å²) < 4.78 is 11.1. The van der Waals surface area contributed by atoms with E-state index >= 15 is 0 Å². The molecule has 5 heteroatoms. The summed E-state index contributed by atoms with van der Waals surface area (Å²) in [6, 6.07) is 5.31. The van der Waals surface area contributed by atoms with Crippen LogP contribution in [0.5, 0.6) is 11.5 Å². The van der Waals surface area contributed by atoms with Crippen molar-refractivity contribution in [2.75, 3.05) is 26.8 Å². The first-order valence-electron chi connectivity index (χ1n) is 8.29. The zero-order chi connectivity index (χ0) is 16.8. The Kier molecular flexibility index (Phi) is 6.28. The van der Waals surface area contributed by atoms with Gasteiger partial charge >= 0.3 is 0 Å². The molecule has 0 atom stereocenters. The topological polar surface area (TPSA) is 59.0 Å². The van der Waals surface area contributed by atoms with Crippen LogP contribution in [0.2, 0.25) is 0 Å². The minimum atomic E-state index is -0.287. The van der Waals surface area contributed by atoms with Crippen LogP contribution in [0.25, 0.3) is 0 Å². The Bertz CT molecular complexity index is 522. The number of rotatable bonds is 6. The van der Waals surface area contributed by atoms with Gasteiger partial charge in [0.15, 0.2) is 11.5 Å². The molecule has 1 heterocycles. The first-order chi connectivity index (χ1) is 11.0. The molecule has 1 N–H and O–H groups in total. The molecule has 1 aromatic carbocycles. The average molecular weight is 321 g/mol. The summed E-state index contributed by atoms with van der Waals surface area (Å²) in [5.41, 5.74) is 0.592. The highest BCUT2D eigenvalue weighted by Gasteiger charge is 2.23. The highest BCUT2D eigenvalue weighted by atomic mass is 16.5. The van der Waals surface area contributed by atoms with Crippen LogP contribution in [0.15, 0.2) is 18.2 Å². The molecule has 1 fully saturated rings. The van der Waals surface area contributed by atoms with Crippen molar-refractivity contribution >= 4 is 5.91 Å². The minimum Gasteiger partial charge on any atom is -0.493 e. The Morgan fingerprint density at radius 2 is 2.00 bits per heavy atom. The normalized spacial score (nSPS) is 15.8. The van der Waals surface area contributed by atoms with Gasteiger partial charge in [0.1, 0.15) is 0 Å². The van der Waals surface area contributed by atoms with Crippen LogP contribution in [0.1, 0.15) is 43.5 Å². The number of piperidine rings is 1. The zero-order valence-corrected chi connectivity index (χ0v) is 14.2. The maximum atomic E-state index is 12.5. The number of benzene rings is 1. The summed E-state index contributed by atoms with van der Waals surface area (Å²) in [4.78, 5) is 14.3. The lowest BCUT2D eigenvalue weighted by Crippen LogP contribution is -2.40. The predicted octanol–water partition coefficient (Wildman–Crippen LogP) is 2.72. The van der Waals surface area contributed by atoms with E-state index in [4.69, 9.17) is 9.47 Å². The van der Waals surface area contributed by atoms with E-state index in [1.807, 2.05) is 0 Å². The maximum Gasteiger partial charge on any atom is 0.253 e. The summed E-state index contributed by atoms with van der Waals surface area (Å²) in [7, 11) is 1.58. The van der Waals surface area contributed by atoms with E-state index in [2.05, 4.69) is 13.8 Å². The molecule has 128 valence electrons. The Hall–Kier alpha value is -1.75. The third-order valence-electron chi connectivity index (χ3n) is 4.12. The van der Waals surface area contributed by atoms with E-state index in [0.29, 0.717) is 55.5 Å². The van der Waals surface area contributed by atoms with Crippen LogP contribution in [-0.2, 0) is 0 Å². The van der Waals surface area contributed by atoms with Crippen molar-refractivity contribution in [1.29, 1.82) is 0 Å². The van der Waals surface area contributed by atoms with Crippen molar-refractivity contribution in [2.45, 2.75) is 39.2 Å². The van der Waals surface area contributed by atoms with Gasteiger partial charge in [0, 0.05) is 18.7 Å². The Morgan fingerprint density at radius 1 is 1.30 bits per heavy atom. The molecule has 0 aromatic heterocycles. The lowest BCUT2D eigenvalue weighted by molar-refractivity contribution is 0.0546. The molecule has 0 unspecified atom stereocenters. The summed E-state index contributed by atoms with van der Waals surface area (Å²) in [5.74, 6) is 1.80. The van der Waals surface area contributed by atoms with Gasteiger partial charge in [-0.15, -0.1) is 0 Å². The SMILES string of the molecule is COc1cc(C(=O)N2CCC(O)CC2)ccc1OCCC(C)C. The summed E-state index contributed by atoms with van der Waals surface area (Å²) in [5, 5.41) is 9.54. The van der Waals surface area contributed by atoms with Gasteiger partial charge in [-0.3, -0.25) is 4.79 Å². The van der Waals surface area contributed by atoms with E-state index in [1.165, 1.54) is 0 Å². The molecule has 1 amide bonds.